The fourth-order valence-corrected chi connectivity index (χ4v) is 6.66. The number of carbonyl (C=O) groups is 4. The van der Waals surface area contributed by atoms with E-state index in [1.807, 2.05) is 0 Å². The van der Waals surface area contributed by atoms with Crippen LogP contribution in [0, 0.1) is 0 Å². The Kier molecular flexibility index (Phi) is 9.26. The molecule has 4 heterocycles. The maximum absolute atomic E-state index is 13.1. The van der Waals surface area contributed by atoms with Crippen LogP contribution in [0.1, 0.15) is 12.6 Å². The number of alkyl halides is 1. The summed E-state index contributed by atoms with van der Waals surface area (Å²) in [6.07, 6.45) is 2.11. The van der Waals surface area contributed by atoms with Crippen molar-refractivity contribution < 1.29 is 43.2 Å². The van der Waals surface area contributed by atoms with Crippen molar-refractivity contribution in [3.05, 3.63) is 46.9 Å². The van der Waals surface area contributed by atoms with Crippen molar-refractivity contribution in [1.29, 1.82) is 0 Å². The highest BCUT2D eigenvalue weighted by atomic mass is 32.2. The smallest absolute Gasteiger partial charge is 0.352 e. The van der Waals surface area contributed by atoms with Gasteiger partial charge < -0.3 is 26.1 Å². The molecule has 3 atom stereocenters. The van der Waals surface area contributed by atoms with E-state index in [4.69, 9.17) is 15.7 Å². The van der Waals surface area contributed by atoms with Crippen LogP contribution in [0.2, 0.25) is 0 Å². The Morgan fingerprint density at radius 1 is 1.38 bits per heavy atom. The summed E-state index contributed by atoms with van der Waals surface area (Å²) >= 11 is 3.72. The number of halogens is 1. The molecular weight excluding hydrogens is 587 g/mol. The molecule has 0 spiro atoms. The Hall–Kier alpha value is -3.70. The third-order valence-electron chi connectivity index (χ3n) is 5.78. The fraction of sp³-hybridized carbons (Fsp3) is 0.348. The second-order valence-corrected chi connectivity index (χ2v) is 11.5. The SMILES string of the molecule is C[C@@H](O/N=C(\C(=O)N[C@@H]1C(=O)N2C(C(=O)O)=C(CSc3cc[n+](CCF)cc3)CS[C@H]12)c1csc(N)n1)C(=O)O. The summed E-state index contributed by atoms with van der Waals surface area (Å²) in [6, 6.07) is 2.55. The Balaban J connectivity index is 1.47. The lowest BCUT2D eigenvalue weighted by molar-refractivity contribution is -0.697. The normalized spacial score (nSPS) is 19.5. The van der Waals surface area contributed by atoms with Gasteiger partial charge in [-0.15, -0.1) is 34.9 Å². The van der Waals surface area contributed by atoms with Gasteiger partial charge in [0.1, 0.15) is 29.5 Å². The molecule has 0 aromatic carbocycles. The number of thiazole rings is 1. The van der Waals surface area contributed by atoms with Crippen LogP contribution in [0.4, 0.5) is 9.52 Å². The standard InChI is InChI=1S/C23H23FN6O7S3/c1-11(21(33)34)37-28-15(14-10-40-23(25)26-14)18(31)27-16-19(32)30-17(22(35)36)12(9-39-20(16)30)8-38-13-2-5-29(6-3-13)7-4-24/h2-3,5-6,10-11,16,20H,4,7-9H2,1H3,(H4-,25,26,27,31,33,34,35,36)/p+1/b28-15-/t11-,16-,20-/m1/s1. The van der Waals surface area contributed by atoms with E-state index in [0.717, 1.165) is 21.1 Å². The first-order chi connectivity index (χ1) is 19.1. The molecule has 5 N–H and O–H groups in total. The van der Waals surface area contributed by atoms with Gasteiger partial charge in [0.25, 0.3) is 11.8 Å². The molecule has 2 aromatic rings. The van der Waals surface area contributed by atoms with Gasteiger partial charge in [-0.1, -0.05) is 5.16 Å². The van der Waals surface area contributed by atoms with Crippen molar-refractivity contribution >= 4 is 69.5 Å². The summed E-state index contributed by atoms with van der Waals surface area (Å²) in [6.45, 7) is 0.978. The molecule has 4 rings (SSSR count). The number of carbonyl (C=O) groups excluding carboxylic acids is 2. The number of carboxylic acids is 2. The molecule has 1 fully saturated rings. The lowest BCUT2D eigenvalue weighted by Crippen LogP contribution is -2.71. The van der Waals surface area contributed by atoms with Gasteiger partial charge in [-0.05, 0) is 12.5 Å². The molecule has 1 saturated heterocycles. The lowest BCUT2D eigenvalue weighted by atomic mass is 10.0. The minimum Gasteiger partial charge on any atom is -0.478 e. The molecule has 0 unspecified atom stereocenters. The number of nitrogens with zero attached hydrogens (tertiary/aromatic N) is 4. The maximum Gasteiger partial charge on any atom is 0.352 e. The van der Waals surface area contributed by atoms with Crippen molar-refractivity contribution in [3.63, 3.8) is 0 Å². The number of oxime groups is 1. The van der Waals surface area contributed by atoms with E-state index in [1.54, 1.807) is 29.1 Å². The topological polar surface area (TPSA) is 188 Å². The summed E-state index contributed by atoms with van der Waals surface area (Å²) in [7, 11) is 0. The number of aliphatic carboxylic acids is 2. The average Bonchev–Trinajstić information content (AvgIpc) is 3.36. The molecule has 17 heteroatoms. The number of thioether (sulfide) groups is 2. The number of nitrogens with one attached hydrogen (secondary N) is 1. The summed E-state index contributed by atoms with van der Waals surface area (Å²) in [5.41, 5.74) is 5.72. The van der Waals surface area contributed by atoms with Crippen LogP contribution in [-0.2, 0) is 30.6 Å². The van der Waals surface area contributed by atoms with Crippen LogP contribution < -0.4 is 15.6 Å². The van der Waals surface area contributed by atoms with Crippen LogP contribution >= 0.6 is 34.9 Å². The quantitative estimate of drug-likeness (QED) is 0.0870. The molecule has 0 saturated carbocycles. The van der Waals surface area contributed by atoms with Gasteiger partial charge in [0.2, 0.25) is 6.10 Å². The zero-order chi connectivity index (χ0) is 29.0. The van der Waals surface area contributed by atoms with Crippen molar-refractivity contribution in [2.75, 3.05) is 23.9 Å². The third-order valence-corrected chi connectivity index (χ3v) is 8.89. The number of hydrogen-bond donors (Lipinski definition) is 4. The van der Waals surface area contributed by atoms with E-state index < -0.39 is 47.9 Å². The van der Waals surface area contributed by atoms with E-state index >= 15 is 0 Å². The fourth-order valence-electron chi connectivity index (χ4n) is 3.74. The molecule has 2 aliphatic rings. The van der Waals surface area contributed by atoms with Gasteiger partial charge in [0.15, 0.2) is 29.8 Å². The molecule has 0 aliphatic carbocycles. The Bertz CT molecular complexity index is 1380. The number of aromatic nitrogens is 2. The summed E-state index contributed by atoms with van der Waals surface area (Å²) in [5, 5.41) is 26.0. The van der Waals surface area contributed by atoms with Gasteiger partial charge in [-0.3, -0.25) is 14.5 Å². The van der Waals surface area contributed by atoms with E-state index in [-0.39, 0.29) is 28.8 Å². The monoisotopic (exact) mass is 611 g/mol. The maximum atomic E-state index is 13.1. The van der Waals surface area contributed by atoms with E-state index in [2.05, 4.69) is 15.5 Å². The highest BCUT2D eigenvalue weighted by molar-refractivity contribution is 8.01. The van der Waals surface area contributed by atoms with Crippen LogP contribution in [0.25, 0.3) is 0 Å². The molecule has 0 radical (unpaired) electrons. The number of fused-ring (bicyclic) bond motifs is 1. The molecular formula is C23H24FN6O7S3+. The molecule has 2 amide bonds. The van der Waals surface area contributed by atoms with Crippen LogP contribution in [0.3, 0.4) is 0 Å². The van der Waals surface area contributed by atoms with Crippen LogP contribution in [-0.4, -0.2) is 85.3 Å². The van der Waals surface area contributed by atoms with E-state index in [0.29, 0.717) is 17.1 Å². The lowest BCUT2D eigenvalue weighted by Gasteiger charge is -2.49. The number of rotatable bonds is 12. The molecule has 0 bridgehead atoms. The van der Waals surface area contributed by atoms with Crippen molar-refractivity contribution in [2.45, 2.75) is 35.9 Å². The molecule has 2 aliphatic heterocycles. The van der Waals surface area contributed by atoms with Gasteiger partial charge in [0.05, 0.1) is 0 Å². The predicted molar refractivity (Wildman–Crippen MR) is 144 cm³/mol. The van der Waals surface area contributed by atoms with Gasteiger partial charge in [-0.2, -0.15) is 0 Å². The number of pyridine rings is 1. The van der Waals surface area contributed by atoms with E-state index in [9.17, 15) is 28.7 Å². The first-order valence-corrected chi connectivity index (χ1v) is 14.6. The third kappa shape index (κ3) is 6.37. The molecule has 40 heavy (non-hydrogen) atoms. The number of nitrogens with two attached hydrogens (primary N) is 1. The first kappa shape index (κ1) is 29.3. The zero-order valence-corrected chi connectivity index (χ0v) is 23.3. The van der Waals surface area contributed by atoms with Gasteiger partial charge in [-0.25, -0.2) is 23.5 Å². The highest BCUT2D eigenvalue weighted by Crippen LogP contribution is 2.41. The van der Waals surface area contributed by atoms with Crippen molar-refractivity contribution in [2.24, 2.45) is 5.16 Å². The Morgan fingerprint density at radius 2 is 2.10 bits per heavy atom. The number of amides is 2. The highest BCUT2D eigenvalue weighted by Gasteiger charge is 2.54. The zero-order valence-electron chi connectivity index (χ0n) is 20.9. The molecule has 2 aromatic heterocycles. The predicted octanol–water partition coefficient (Wildman–Crippen LogP) is 0.707. The van der Waals surface area contributed by atoms with E-state index in [1.165, 1.54) is 35.8 Å². The number of β-lactam (4-membered cyclic amide) rings is 1. The minimum atomic E-state index is -1.36. The number of nitrogen functional groups attached to an aromatic ring is 1. The Morgan fingerprint density at radius 3 is 2.70 bits per heavy atom. The Labute approximate surface area is 239 Å². The number of aryl methyl sites for hydroxylation is 1. The largest absolute Gasteiger partial charge is 0.478 e. The van der Waals surface area contributed by atoms with Crippen molar-refractivity contribution in [3.8, 4) is 0 Å². The van der Waals surface area contributed by atoms with Crippen LogP contribution in [0.5, 0.6) is 0 Å². The first-order valence-electron chi connectivity index (χ1n) is 11.7. The minimum absolute atomic E-state index is 0.0269. The number of carboxylic acid groups (broad SMARTS) is 2. The molecule has 13 nitrogen and oxygen atoms in total. The number of hydrogen-bond acceptors (Lipinski definition) is 11. The summed E-state index contributed by atoms with van der Waals surface area (Å²) < 4.78 is 14.2. The second kappa shape index (κ2) is 12.6. The number of anilines is 1. The van der Waals surface area contributed by atoms with Gasteiger partial charge >= 0.3 is 11.9 Å². The van der Waals surface area contributed by atoms with Gasteiger partial charge in [0, 0.05) is 33.9 Å². The van der Waals surface area contributed by atoms with Crippen LogP contribution in [0.15, 0.2) is 51.2 Å². The second-order valence-electron chi connectivity index (χ2n) is 8.46. The average molecular weight is 612 g/mol. The summed E-state index contributed by atoms with van der Waals surface area (Å²) in [5.74, 6) is -3.42. The molecule has 212 valence electrons. The van der Waals surface area contributed by atoms with Crippen molar-refractivity contribution in [1.82, 2.24) is 15.2 Å². The summed E-state index contributed by atoms with van der Waals surface area (Å²) in [4.78, 5) is 60.3.